The van der Waals surface area contributed by atoms with Gasteiger partial charge in [0.2, 0.25) is 5.91 Å². The molecule has 0 unspecified atom stereocenters. The van der Waals surface area contributed by atoms with Crippen LogP contribution >= 0.6 is 23.4 Å². The van der Waals surface area contributed by atoms with Gasteiger partial charge in [0.15, 0.2) is 16.7 Å². The van der Waals surface area contributed by atoms with Crippen molar-refractivity contribution in [2.45, 2.75) is 11.6 Å². The van der Waals surface area contributed by atoms with E-state index in [9.17, 15) is 4.79 Å². The molecule has 168 valence electrons. The second kappa shape index (κ2) is 11.4. The van der Waals surface area contributed by atoms with Crippen LogP contribution < -0.4 is 14.4 Å². The van der Waals surface area contributed by atoms with Gasteiger partial charge in [-0.25, -0.2) is 9.97 Å². The van der Waals surface area contributed by atoms with E-state index in [4.69, 9.17) is 25.8 Å². The summed E-state index contributed by atoms with van der Waals surface area (Å²) < 4.78 is 15.9. The maximum Gasteiger partial charge on any atom is 0.233 e. The molecule has 0 bridgehead atoms. The second-order valence-electron chi connectivity index (χ2n) is 6.97. The van der Waals surface area contributed by atoms with Crippen LogP contribution in [0.2, 0.25) is 5.15 Å². The molecule has 2 aromatic rings. The Kier molecular flexibility index (Phi) is 8.62. The van der Waals surface area contributed by atoms with Crippen molar-refractivity contribution in [1.82, 2.24) is 14.9 Å². The fourth-order valence-electron chi connectivity index (χ4n) is 3.12. The maximum absolute atomic E-state index is 12.4. The van der Waals surface area contributed by atoms with Gasteiger partial charge in [-0.1, -0.05) is 29.4 Å². The van der Waals surface area contributed by atoms with Crippen molar-refractivity contribution in [1.29, 1.82) is 0 Å². The van der Waals surface area contributed by atoms with Crippen molar-refractivity contribution in [2.75, 3.05) is 64.8 Å². The lowest BCUT2D eigenvalue weighted by Gasteiger charge is -2.26. The first kappa shape index (κ1) is 23.4. The Morgan fingerprint density at radius 3 is 2.65 bits per heavy atom. The van der Waals surface area contributed by atoms with Gasteiger partial charge < -0.3 is 24.0 Å². The van der Waals surface area contributed by atoms with Crippen molar-refractivity contribution in [3.8, 4) is 11.5 Å². The van der Waals surface area contributed by atoms with Crippen molar-refractivity contribution >= 4 is 35.1 Å². The first-order valence-corrected chi connectivity index (χ1v) is 11.3. The van der Waals surface area contributed by atoms with Crippen LogP contribution in [0.15, 0.2) is 29.4 Å². The number of carbonyl (C=O) groups is 1. The Bertz CT molecular complexity index is 896. The quantitative estimate of drug-likeness (QED) is 0.317. The number of hydrogen-bond acceptors (Lipinski definition) is 8. The zero-order valence-corrected chi connectivity index (χ0v) is 19.5. The van der Waals surface area contributed by atoms with E-state index >= 15 is 0 Å². The molecule has 1 aliphatic rings. The van der Waals surface area contributed by atoms with Crippen molar-refractivity contribution in [3.63, 3.8) is 0 Å². The van der Waals surface area contributed by atoms with E-state index in [2.05, 4.69) is 9.97 Å². The Balaban J connectivity index is 1.59. The highest BCUT2D eigenvalue weighted by molar-refractivity contribution is 7.99. The largest absolute Gasteiger partial charge is 0.493 e. The third-order valence-electron chi connectivity index (χ3n) is 4.92. The third kappa shape index (κ3) is 6.62. The van der Waals surface area contributed by atoms with E-state index in [1.165, 1.54) is 11.8 Å². The average molecular weight is 467 g/mol. The molecule has 0 saturated carbocycles. The summed E-state index contributed by atoms with van der Waals surface area (Å²) in [6.45, 7) is 3.14. The van der Waals surface area contributed by atoms with Gasteiger partial charge in [-0.05, 0) is 24.1 Å². The smallest absolute Gasteiger partial charge is 0.233 e. The Morgan fingerprint density at radius 2 is 1.94 bits per heavy atom. The molecule has 0 aliphatic carbocycles. The molecule has 1 amide bonds. The number of likely N-dealkylation sites (N-methyl/N-ethyl adjacent to an activating group) is 1. The predicted octanol–water partition coefficient (Wildman–Crippen LogP) is 2.78. The molecule has 2 heterocycles. The molecule has 1 fully saturated rings. The first-order valence-electron chi connectivity index (χ1n) is 9.95. The van der Waals surface area contributed by atoms with Crippen LogP contribution in [0.1, 0.15) is 5.56 Å². The summed E-state index contributed by atoms with van der Waals surface area (Å²) in [5.41, 5.74) is 1.12. The number of morpholine rings is 1. The van der Waals surface area contributed by atoms with Gasteiger partial charge in [-0.2, -0.15) is 0 Å². The topological polar surface area (TPSA) is 77.0 Å². The minimum Gasteiger partial charge on any atom is -0.493 e. The van der Waals surface area contributed by atoms with Gasteiger partial charge in [0, 0.05) is 32.7 Å². The Labute approximate surface area is 191 Å². The predicted molar refractivity (Wildman–Crippen MR) is 122 cm³/mol. The van der Waals surface area contributed by atoms with Gasteiger partial charge in [-0.3, -0.25) is 4.79 Å². The number of thioether (sulfide) groups is 1. The highest BCUT2D eigenvalue weighted by atomic mass is 35.5. The molecule has 0 N–H and O–H groups in total. The fraction of sp³-hybridized carbons (Fsp3) is 0.476. The summed E-state index contributed by atoms with van der Waals surface area (Å²) in [6.07, 6.45) is 0.788. The third-order valence-corrected chi connectivity index (χ3v) is 5.95. The Hall–Kier alpha value is -2.23. The molecule has 1 saturated heterocycles. The van der Waals surface area contributed by atoms with E-state index in [1.807, 2.05) is 30.1 Å². The van der Waals surface area contributed by atoms with Crippen molar-refractivity contribution in [3.05, 3.63) is 35.0 Å². The van der Waals surface area contributed by atoms with Crippen LogP contribution in [0.4, 0.5) is 5.82 Å². The van der Waals surface area contributed by atoms with Crippen molar-refractivity contribution < 1.29 is 19.0 Å². The molecule has 0 spiro atoms. The van der Waals surface area contributed by atoms with Gasteiger partial charge >= 0.3 is 0 Å². The lowest BCUT2D eigenvalue weighted by atomic mass is 10.1. The number of aromatic nitrogens is 2. The lowest BCUT2D eigenvalue weighted by molar-refractivity contribution is -0.132. The van der Waals surface area contributed by atoms with E-state index in [0.29, 0.717) is 53.9 Å². The summed E-state index contributed by atoms with van der Waals surface area (Å²) >= 11 is 7.51. The SMILES string of the molecule is COc1ccc(CCN(C)c2cc(Cl)nc(SCC(=O)N3CCOCC3)n2)cc1OC. The highest BCUT2D eigenvalue weighted by Gasteiger charge is 2.18. The molecule has 1 aromatic carbocycles. The van der Waals surface area contributed by atoms with E-state index in [0.717, 1.165) is 18.5 Å². The number of carbonyl (C=O) groups excluding carboxylic acids is 1. The zero-order valence-electron chi connectivity index (χ0n) is 18.0. The number of nitrogens with zero attached hydrogens (tertiary/aromatic N) is 4. The molecular formula is C21H27ClN4O4S. The standard InChI is InChI=1S/C21H27ClN4O4S/c1-25(7-6-15-4-5-16(28-2)17(12-15)29-3)19-13-18(22)23-21(24-19)31-14-20(27)26-8-10-30-11-9-26/h4-5,12-13H,6-11,14H2,1-3H3. The van der Waals surface area contributed by atoms with Crippen molar-refractivity contribution in [2.24, 2.45) is 0 Å². The number of amides is 1. The van der Waals surface area contributed by atoms with Crippen LogP contribution in [0.3, 0.4) is 0 Å². The van der Waals surface area contributed by atoms with Crippen LogP contribution in [-0.4, -0.2) is 80.6 Å². The minimum absolute atomic E-state index is 0.0558. The summed E-state index contributed by atoms with van der Waals surface area (Å²) in [5.74, 6) is 2.45. The summed E-state index contributed by atoms with van der Waals surface area (Å²) in [5, 5.41) is 0.839. The first-order chi connectivity index (χ1) is 15.0. The minimum atomic E-state index is 0.0558. The van der Waals surface area contributed by atoms with Gasteiger partial charge in [0.25, 0.3) is 0 Å². The van der Waals surface area contributed by atoms with Crippen LogP contribution in [0.25, 0.3) is 0 Å². The van der Waals surface area contributed by atoms with Gasteiger partial charge in [0.1, 0.15) is 11.0 Å². The van der Waals surface area contributed by atoms with Gasteiger partial charge in [0.05, 0.1) is 33.2 Å². The second-order valence-corrected chi connectivity index (χ2v) is 8.30. The molecule has 10 heteroatoms. The Morgan fingerprint density at radius 1 is 1.19 bits per heavy atom. The average Bonchev–Trinajstić information content (AvgIpc) is 2.80. The summed E-state index contributed by atoms with van der Waals surface area (Å²) in [4.78, 5) is 25.0. The molecule has 1 aromatic heterocycles. The number of ether oxygens (including phenoxy) is 3. The van der Waals surface area contributed by atoms with E-state index in [-0.39, 0.29) is 11.7 Å². The molecule has 0 atom stereocenters. The lowest BCUT2D eigenvalue weighted by Crippen LogP contribution is -2.41. The molecule has 1 aliphatic heterocycles. The number of hydrogen-bond donors (Lipinski definition) is 0. The van der Waals surface area contributed by atoms with Crippen LogP contribution in [-0.2, 0) is 16.0 Å². The number of benzene rings is 1. The van der Waals surface area contributed by atoms with Crippen LogP contribution in [0, 0.1) is 0 Å². The fourth-order valence-corrected chi connectivity index (χ4v) is 4.11. The molecule has 31 heavy (non-hydrogen) atoms. The normalized spacial score (nSPS) is 13.7. The molecule has 3 rings (SSSR count). The number of methoxy groups -OCH3 is 2. The van der Waals surface area contributed by atoms with Crippen LogP contribution in [0.5, 0.6) is 11.5 Å². The van der Waals surface area contributed by atoms with Gasteiger partial charge in [-0.15, -0.1) is 0 Å². The highest BCUT2D eigenvalue weighted by Crippen LogP contribution is 2.28. The summed E-state index contributed by atoms with van der Waals surface area (Å²) in [7, 11) is 5.20. The van der Waals surface area contributed by atoms with E-state index < -0.39 is 0 Å². The molecule has 0 radical (unpaired) electrons. The number of halogens is 1. The molecule has 8 nitrogen and oxygen atoms in total. The molecular weight excluding hydrogens is 440 g/mol. The van der Waals surface area contributed by atoms with E-state index in [1.54, 1.807) is 25.2 Å². The maximum atomic E-state index is 12.4. The monoisotopic (exact) mass is 466 g/mol. The number of rotatable bonds is 9. The zero-order chi connectivity index (χ0) is 22.2. The number of anilines is 1. The summed E-state index contributed by atoms with van der Waals surface area (Å²) in [6, 6.07) is 7.61.